The van der Waals surface area contributed by atoms with Gasteiger partial charge in [-0.15, -0.1) is 0 Å². The maximum atomic E-state index is 13.6. The van der Waals surface area contributed by atoms with Crippen molar-refractivity contribution in [3.63, 3.8) is 0 Å². The second-order valence-electron chi connectivity index (χ2n) is 3.78. The largest absolute Gasteiger partial charge is 0.475 e. The minimum atomic E-state index is -1.46. The van der Waals surface area contributed by atoms with E-state index in [1.165, 1.54) is 7.11 Å². The van der Waals surface area contributed by atoms with Crippen LogP contribution in [0.5, 0.6) is 0 Å². The van der Waals surface area contributed by atoms with Crippen molar-refractivity contribution in [3.05, 3.63) is 41.0 Å². The fourth-order valence-corrected chi connectivity index (χ4v) is 1.61. The highest BCUT2D eigenvalue weighted by Crippen LogP contribution is 2.28. The lowest BCUT2D eigenvalue weighted by Crippen LogP contribution is -2.00. The SMILES string of the molecule is COCc1nc(-c2c(F)cc(F)cc2F)oc1C(=O)O. The average molecular weight is 287 g/mol. The first-order valence-electron chi connectivity index (χ1n) is 5.31. The standard InChI is InChI=1S/C12H8F3NO4/c1-19-4-8-10(12(17)18)20-11(16-8)9-6(14)2-5(13)3-7(9)15/h2-3H,4H2,1H3,(H,17,18). The Bertz CT molecular complexity index is 646. The van der Waals surface area contributed by atoms with E-state index >= 15 is 0 Å². The molecule has 0 aliphatic heterocycles. The predicted octanol–water partition coefficient (Wildman–Crippen LogP) is 2.60. The van der Waals surface area contributed by atoms with Gasteiger partial charge in [0.1, 0.15) is 28.7 Å². The molecule has 0 atom stereocenters. The van der Waals surface area contributed by atoms with Crippen molar-refractivity contribution in [1.29, 1.82) is 0 Å². The van der Waals surface area contributed by atoms with Crippen molar-refractivity contribution in [2.24, 2.45) is 0 Å². The summed E-state index contributed by atoms with van der Waals surface area (Å²) >= 11 is 0. The number of hydrogen-bond donors (Lipinski definition) is 1. The molecule has 0 amide bonds. The third kappa shape index (κ3) is 2.50. The number of rotatable bonds is 4. The highest BCUT2D eigenvalue weighted by Gasteiger charge is 2.24. The predicted molar refractivity (Wildman–Crippen MR) is 59.5 cm³/mol. The Hall–Kier alpha value is -2.35. The number of halogens is 3. The van der Waals surface area contributed by atoms with Crippen LogP contribution in [0.15, 0.2) is 16.5 Å². The molecular formula is C12H8F3NO4. The number of nitrogens with zero attached hydrogens (tertiary/aromatic N) is 1. The summed E-state index contributed by atoms with van der Waals surface area (Å²) in [6.07, 6.45) is 0. The van der Waals surface area contributed by atoms with Gasteiger partial charge in [-0.2, -0.15) is 0 Å². The highest BCUT2D eigenvalue weighted by molar-refractivity contribution is 5.86. The smallest absolute Gasteiger partial charge is 0.373 e. The number of ether oxygens (including phenoxy) is 1. The maximum absolute atomic E-state index is 13.6. The van der Waals surface area contributed by atoms with Gasteiger partial charge in [0.25, 0.3) is 0 Å². The van der Waals surface area contributed by atoms with E-state index in [-0.39, 0.29) is 12.3 Å². The molecular weight excluding hydrogens is 279 g/mol. The molecule has 0 saturated heterocycles. The molecule has 8 heteroatoms. The van der Waals surface area contributed by atoms with Crippen LogP contribution >= 0.6 is 0 Å². The maximum Gasteiger partial charge on any atom is 0.373 e. The monoisotopic (exact) mass is 287 g/mol. The number of hydrogen-bond acceptors (Lipinski definition) is 4. The summed E-state index contributed by atoms with van der Waals surface area (Å²) in [6, 6.07) is 0.887. The number of aromatic carboxylic acids is 1. The molecule has 0 aliphatic rings. The van der Waals surface area contributed by atoms with E-state index in [4.69, 9.17) is 14.3 Å². The number of oxazole rings is 1. The van der Waals surface area contributed by atoms with E-state index < -0.39 is 40.6 Å². The van der Waals surface area contributed by atoms with Gasteiger partial charge in [0.2, 0.25) is 11.7 Å². The summed E-state index contributed by atoms with van der Waals surface area (Å²) in [6.45, 7) is -0.213. The van der Waals surface area contributed by atoms with Crippen LogP contribution in [0.3, 0.4) is 0 Å². The number of carbonyl (C=O) groups is 1. The first-order valence-corrected chi connectivity index (χ1v) is 5.31. The topological polar surface area (TPSA) is 72.6 Å². The Morgan fingerprint density at radius 3 is 2.45 bits per heavy atom. The van der Waals surface area contributed by atoms with E-state index in [2.05, 4.69) is 4.98 Å². The van der Waals surface area contributed by atoms with Gasteiger partial charge < -0.3 is 14.3 Å². The quantitative estimate of drug-likeness (QED) is 0.935. The van der Waals surface area contributed by atoms with Gasteiger partial charge in [-0.05, 0) is 0 Å². The van der Waals surface area contributed by atoms with E-state index in [9.17, 15) is 18.0 Å². The number of aromatic nitrogens is 1. The van der Waals surface area contributed by atoms with Crippen LogP contribution in [0.2, 0.25) is 0 Å². The fourth-order valence-electron chi connectivity index (χ4n) is 1.61. The zero-order valence-corrected chi connectivity index (χ0v) is 10.1. The lowest BCUT2D eigenvalue weighted by atomic mass is 10.2. The lowest BCUT2D eigenvalue weighted by molar-refractivity contribution is 0.0656. The molecule has 1 heterocycles. The van der Waals surface area contributed by atoms with Crippen LogP contribution in [0, 0.1) is 17.5 Å². The third-order valence-electron chi connectivity index (χ3n) is 2.39. The summed E-state index contributed by atoms with van der Waals surface area (Å²) in [4.78, 5) is 14.6. The van der Waals surface area contributed by atoms with Crippen LogP contribution in [0.1, 0.15) is 16.2 Å². The third-order valence-corrected chi connectivity index (χ3v) is 2.39. The van der Waals surface area contributed by atoms with Gasteiger partial charge in [-0.25, -0.2) is 22.9 Å². The van der Waals surface area contributed by atoms with E-state index in [0.29, 0.717) is 12.1 Å². The van der Waals surface area contributed by atoms with Crippen LogP contribution in [-0.4, -0.2) is 23.2 Å². The molecule has 106 valence electrons. The number of carboxylic acid groups (broad SMARTS) is 1. The first kappa shape index (κ1) is 14.1. The van der Waals surface area contributed by atoms with Crippen LogP contribution in [0.4, 0.5) is 13.2 Å². The normalized spacial score (nSPS) is 10.8. The van der Waals surface area contributed by atoms with Crippen LogP contribution in [-0.2, 0) is 11.3 Å². The van der Waals surface area contributed by atoms with Crippen LogP contribution < -0.4 is 0 Å². The minimum absolute atomic E-state index is 0.127. The Kier molecular flexibility index (Phi) is 3.75. The molecule has 0 aliphatic carbocycles. The molecule has 20 heavy (non-hydrogen) atoms. The molecule has 0 bridgehead atoms. The van der Waals surface area contributed by atoms with Gasteiger partial charge in [0, 0.05) is 19.2 Å². The van der Waals surface area contributed by atoms with Crippen molar-refractivity contribution >= 4 is 5.97 Å². The molecule has 0 fully saturated rings. The molecule has 1 aromatic carbocycles. The molecule has 1 aromatic heterocycles. The molecule has 0 spiro atoms. The van der Waals surface area contributed by atoms with Crippen molar-refractivity contribution in [2.45, 2.75) is 6.61 Å². The van der Waals surface area contributed by atoms with Crippen LogP contribution in [0.25, 0.3) is 11.5 Å². The lowest BCUT2D eigenvalue weighted by Gasteiger charge is -2.00. The highest BCUT2D eigenvalue weighted by atomic mass is 19.1. The van der Waals surface area contributed by atoms with Gasteiger partial charge in [-0.1, -0.05) is 0 Å². The molecule has 2 aromatic rings. The number of carboxylic acids is 1. The molecule has 2 rings (SSSR count). The Balaban J connectivity index is 2.59. The summed E-state index contributed by atoms with van der Waals surface area (Å²) in [5.74, 6) is -6.24. The Morgan fingerprint density at radius 1 is 1.35 bits per heavy atom. The fraction of sp³-hybridized carbons (Fsp3) is 0.167. The second kappa shape index (κ2) is 5.33. The average Bonchev–Trinajstić information content (AvgIpc) is 2.72. The summed E-state index contributed by atoms with van der Waals surface area (Å²) in [7, 11) is 1.29. The van der Waals surface area contributed by atoms with Crippen molar-refractivity contribution in [1.82, 2.24) is 4.98 Å². The molecule has 5 nitrogen and oxygen atoms in total. The van der Waals surface area contributed by atoms with E-state index in [1.807, 2.05) is 0 Å². The van der Waals surface area contributed by atoms with Crippen molar-refractivity contribution in [3.8, 4) is 11.5 Å². The minimum Gasteiger partial charge on any atom is -0.475 e. The summed E-state index contributed by atoms with van der Waals surface area (Å²) in [5, 5.41) is 8.90. The van der Waals surface area contributed by atoms with Crippen molar-refractivity contribution < 1.29 is 32.2 Å². The first-order chi connectivity index (χ1) is 9.43. The summed E-state index contributed by atoms with van der Waals surface area (Å²) < 4.78 is 49.5. The van der Waals surface area contributed by atoms with Crippen molar-refractivity contribution in [2.75, 3.05) is 7.11 Å². The van der Waals surface area contributed by atoms with Gasteiger partial charge in [0.15, 0.2) is 0 Å². The van der Waals surface area contributed by atoms with E-state index in [0.717, 1.165) is 0 Å². The number of methoxy groups -OCH3 is 1. The number of benzene rings is 1. The second-order valence-corrected chi connectivity index (χ2v) is 3.78. The molecule has 0 unspecified atom stereocenters. The zero-order valence-electron chi connectivity index (χ0n) is 10.1. The van der Waals surface area contributed by atoms with Gasteiger partial charge in [0.05, 0.1) is 6.61 Å². The Labute approximate surface area is 110 Å². The van der Waals surface area contributed by atoms with Gasteiger partial charge >= 0.3 is 5.97 Å². The van der Waals surface area contributed by atoms with Gasteiger partial charge in [-0.3, -0.25) is 0 Å². The molecule has 1 N–H and O–H groups in total. The summed E-state index contributed by atoms with van der Waals surface area (Å²) in [5.41, 5.74) is -0.866. The molecule has 0 radical (unpaired) electrons. The van der Waals surface area contributed by atoms with E-state index in [1.54, 1.807) is 0 Å². The zero-order chi connectivity index (χ0) is 14.9. The molecule has 0 saturated carbocycles. The Morgan fingerprint density at radius 2 is 1.95 bits per heavy atom.